The minimum Gasteiger partial charge on any atom is -0.406 e. The lowest BCUT2D eigenvalue weighted by molar-refractivity contribution is -0.274. The van der Waals surface area contributed by atoms with Gasteiger partial charge in [0.25, 0.3) is 0 Å². The van der Waals surface area contributed by atoms with Crippen LogP contribution >= 0.6 is 0 Å². The zero-order valence-corrected chi connectivity index (χ0v) is 10.4. The minimum absolute atomic E-state index is 0.269. The molecular formula is C15H12F3O2. The second-order valence-corrected chi connectivity index (χ2v) is 4.03. The van der Waals surface area contributed by atoms with Gasteiger partial charge in [-0.1, -0.05) is 42.5 Å². The predicted molar refractivity (Wildman–Crippen MR) is 67.8 cm³/mol. The fraction of sp³-hybridized carbons (Fsp3) is 0.133. The Kier molecular flexibility index (Phi) is 4.63. The fourth-order valence-electron chi connectivity index (χ4n) is 1.59. The number of rotatable bonds is 5. The van der Waals surface area contributed by atoms with E-state index in [0.717, 1.165) is 5.56 Å². The summed E-state index contributed by atoms with van der Waals surface area (Å²) in [6.45, 7) is 1.75. The number of halogens is 3. The summed E-state index contributed by atoms with van der Waals surface area (Å²) in [5.74, 6) is -0.269. The second-order valence-electron chi connectivity index (χ2n) is 4.03. The Labute approximate surface area is 114 Å². The molecule has 5 heteroatoms. The highest BCUT2D eigenvalue weighted by atomic mass is 19.4. The van der Waals surface area contributed by atoms with Gasteiger partial charge in [0, 0.05) is 0 Å². The Morgan fingerprint density at radius 1 is 0.950 bits per heavy atom. The summed E-state index contributed by atoms with van der Waals surface area (Å²) in [4.78, 5) is 0. The average Bonchev–Trinajstić information content (AvgIpc) is 2.38. The van der Waals surface area contributed by atoms with Gasteiger partial charge in [0.2, 0.25) is 0 Å². The van der Waals surface area contributed by atoms with Crippen molar-refractivity contribution in [2.24, 2.45) is 0 Å². The zero-order valence-electron chi connectivity index (χ0n) is 10.4. The molecule has 0 fully saturated rings. The van der Waals surface area contributed by atoms with Gasteiger partial charge in [-0.2, -0.15) is 0 Å². The second kappa shape index (κ2) is 6.43. The largest absolute Gasteiger partial charge is 0.573 e. The molecule has 2 aromatic carbocycles. The molecule has 0 aliphatic carbocycles. The summed E-state index contributed by atoms with van der Waals surface area (Å²) in [6.07, 6.45) is -4.69. The molecule has 0 aliphatic heterocycles. The SMILES string of the molecule is FC(F)(F)Oc1cccc([CH]OCc2ccccc2)c1. The molecule has 0 unspecified atom stereocenters. The molecule has 0 amide bonds. The molecule has 0 aromatic heterocycles. The lowest BCUT2D eigenvalue weighted by Gasteiger charge is -2.10. The maximum absolute atomic E-state index is 12.1. The molecule has 20 heavy (non-hydrogen) atoms. The van der Waals surface area contributed by atoms with Crippen LogP contribution in [0.2, 0.25) is 0 Å². The van der Waals surface area contributed by atoms with Crippen molar-refractivity contribution in [3.05, 3.63) is 72.3 Å². The Morgan fingerprint density at radius 3 is 2.40 bits per heavy atom. The Morgan fingerprint density at radius 2 is 1.70 bits per heavy atom. The number of ether oxygens (including phenoxy) is 2. The van der Waals surface area contributed by atoms with Crippen LogP contribution in [0.3, 0.4) is 0 Å². The summed E-state index contributed by atoms with van der Waals surface area (Å²) < 4.78 is 45.4. The molecule has 0 bridgehead atoms. The standard InChI is InChI=1S/C15H12F3O2/c16-15(17,18)20-14-8-4-7-13(9-14)11-19-10-12-5-2-1-3-6-12/h1-9,11H,10H2. The van der Waals surface area contributed by atoms with E-state index in [-0.39, 0.29) is 5.75 Å². The molecule has 2 aromatic rings. The van der Waals surface area contributed by atoms with E-state index in [9.17, 15) is 13.2 Å². The molecule has 0 heterocycles. The van der Waals surface area contributed by atoms with E-state index in [1.165, 1.54) is 24.8 Å². The van der Waals surface area contributed by atoms with Gasteiger partial charge in [-0.25, -0.2) is 0 Å². The average molecular weight is 281 g/mol. The van der Waals surface area contributed by atoms with Gasteiger partial charge in [0.15, 0.2) is 0 Å². The topological polar surface area (TPSA) is 18.5 Å². The van der Waals surface area contributed by atoms with Gasteiger partial charge in [0.1, 0.15) is 12.4 Å². The van der Waals surface area contributed by atoms with E-state index in [1.54, 1.807) is 6.07 Å². The summed E-state index contributed by atoms with van der Waals surface area (Å²) >= 11 is 0. The van der Waals surface area contributed by atoms with E-state index in [1.807, 2.05) is 30.3 Å². The first-order chi connectivity index (χ1) is 9.53. The number of hydrogen-bond acceptors (Lipinski definition) is 2. The van der Waals surface area contributed by atoms with Gasteiger partial charge >= 0.3 is 6.36 Å². The van der Waals surface area contributed by atoms with E-state index in [4.69, 9.17) is 4.74 Å². The van der Waals surface area contributed by atoms with Gasteiger partial charge in [-0.05, 0) is 23.3 Å². The monoisotopic (exact) mass is 281 g/mol. The van der Waals surface area contributed by atoms with Gasteiger partial charge in [-0.3, -0.25) is 0 Å². The molecule has 0 N–H and O–H groups in total. The van der Waals surface area contributed by atoms with Crippen molar-refractivity contribution in [2.45, 2.75) is 13.0 Å². The van der Waals surface area contributed by atoms with Crippen LogP contribution in [-0.2, 0) is 11.3 Å². The van der Waals surface area contributed by atoms with Crippen LogP contribution in [0.25, 0.3) is 0 Å². The van der Waals surface area contributed by atoms with Crippen molar-refractivity contribution in [1.29, 1.82) is 0 Å². The first kappa shape index (κ1) is 14.4. The Bertz CT molecular complexity index is 538. The van der Waals surface area contributed by atoms with Crippen molar-refractivity contribution >= 4 is 0 Å². The van der Waals surface area contributed by atoms with E-state index in [2.05, 4.69) is 4.74 Å². The molecule has 0 atom stereocenters. The van der Waals surface area contributed by atoms with Crippen LogP contribution in [0.4, 0.5) is 13.2 Å². The normalized spacial score (nSPS) is 11.3. The first-order valence-electron chi connectivity index (χ1n) is 5.87. The van der Waals surface area contributed by atoms with Crippen molar-refractivity contribution in [3.8, 4) is 5.75 Å². The Hall–Kier alpha value is -2.01. The van der Waals surface area contributed by atoms with Crippen LogP contribution in [0, 0.1) is 6.61 Å². The highest BCUT2D eigenvalue weighted by molar-refractivity contribution is 5.31. The number of benzene rings is 2. The van der Waals surface area contributed by atoms with E-state index < -0.39 is 6.36 Å². The number of hydrogen-bond donors (Lipinski definition) is 0. The lowest BCUT2D eigenvalue weighted by atomic mass is 10.2. The smallest absolute Gasteiger partial charge is 0.406 e. The highest BCUT2D eigenvalue weighted by Gasteiger charge is 2.31. The third-order valence-electron chi connectivity index (χ3n) is 2.40. The van der Waals surface area contributed by atoms with Gasteiger partial charge in [-0.15, -0.1) is 13.2 Å². The summed E-state index contributed by atoms with van der Waals surface area (Å²) in [5.41, 5.74) is 1.48. The molecule has 2 rings (SSSR count). The third kappa shape index (κ3) is 4.93. The maximum Gasteiger partial charge on any atom is 0.573 e. The molecule has 0 saturated heterocycles. The maximum atomic E-state index is 12.1. The van der Waals surface area contributed by atoms with Gasteiger partial charge in [0.05, 0.1) is 6.61 Å². The lowest BCUT2D eigenvalue weighted by Crippen LogP contribution is -2.17. The van der Waals surface area contributed by atoms with Gasteiger partial charge < -0.3 is 9.47 Å². The summed E-state index contributed by atoms with van der Waals surface area (Å²) in [5, 5.41) is 0. The predicted octanol–water partition coefficient (Wildman–Crippen LogP) is 4.31. The fourth-order valence-corrected chi connectivity index (χ4v) is 1.59. The first-order valence-corrected chi connectivity index (χ1v) is 5.87. The zero-order chi connectivity index (χ0) is 14.4. The van der Waals surface area contributed by atoms with Crippen molar-refractivity contribution in [1.82, 2.24) is 0 Å². The van der Waals surface area contributed by atoms with Crippen LogP contribution in [-0.4, -0.2) is 6.36 Å². The summed E-state index contributed by atoms with van der Waals surface area (Å²) in [6, 6.07) is 15.1. The van der Waals surface area contributed by atoms with Crippen LogP contribution in [0.15, 0.2) is 54.6 Å². The molecular weight excluding hydrogens is 269 g/mol. The summed E-state index contributed by atoms with van der Waals surface area (Å²) in [7, 11) is 0. The number of alkyl halides is 3. The molecule has 105 valence electrons. The third-order valence-corrected chi connectivity index (χ3v) is 2.40. The quantitative estimate of drug-likeness (QED) is 0.813. The molecule has 1 radical (unpaired) electrons. The van der Waals surface area contributed by atoms with Crippen molar-refractivity contribution < 1.29 is 22.6 Å². The van der Waals surface area contributed by atoms with Crippen LogP contribution in [0.1, 0.15) is 11.1 Å². The van der Waals surface area contributed by atoms with E-state index in [0.29, 0.717) is 12.2 Å². The molecule has 0 aliphatic rings. The molecule has 2 nitrogen and oxygen atoms in total. The molecule has 0 spiro atoms. The van der Waals surface area contributed by atoms with Crippen molar-refractivity contribution in [3.63, 3.8) is 0 Å². The van der Waals surface area contributed by atoms with Crippen LogP contribution in [0.5, 0.6) is 5.75 Å². The van der Waals surface area contributed by atoms with Crippen molar-refractivity contribution in [2.75, 3.05) is 0 Å². The highest BCUT2D eigenvalue weighted by Crippen LogP contribution is 2.24. The van der Waals surface area contributed by atoms with Crippen LogP contribution < -0.4 is 4.74 Å². The molecule has 0 saturated carbocycles. The van der Waals surface area contributed by atoms with E-state index >= 15 is 0 Å². The minimum atomic E-state index is -4.69. The Balaban J connectivity index is 1.88.